The number of rotatable bonds is 16. The maximum atomic E-state index is 14.6. The van der Waals surface area contributed by atoms with Crippen molar-refractivity contribution in [2.45, 2.75) is 57.4 Å². The number of unbranched alkanes of at least 4 members (excludes halogenated alkanes) is 2. The van der Waals surface area contributed by atoms with Gasteiger partial charge in [0.05, 0.1) is 11.1 Å². The first-order chi connectivity index (χ1) is 28.9. The van der Waals surface area contributed by atoms with E-state index in [-0.39, 0.29) is 65.7 Å². The van der Waals surface area contributed by atoms with Crippen LogP contribution in [-0.2, 0) is 26.2 Å². The number of aryl methyl sites for hydroxylation is 1. The van der Waals surface area contributed by atoms with E-state index in [9.17, 15) is 42.3 Å². The van der Waals surface area contributed by atoms with Gasteiger partial charge in [-0.1, -0.05) is 6.07 Å². The van der Waals surface area contributed by atoms with E-state index >= 15 is 0 Å². The molecule has 60 heavy (non-hydrogen) atoms. The minimum atomic E-state index is -1.05. The van der Waals surface area contributed by atoms with E-state index in [1.54, 1.807) is 55.8 Å². The Morgan fingerprint density at radius 2 is 1.60 bits per heavy atom. The second-order valence-corrected chi connectivity index (χ2v) is 14.5. The molecule has 1 fully saturated rings. The number of imide groups is 2. The third-order valence-electron chi connectivity index (χ3n) is 10.3. The van der Waals surface area contributed by atoms with E-state index in [1.807, 2.05) is 0 Å². The van der Waals surface area contributed by atoms with Crippen LogP contribution in [0.5, 0.6) is 11.5 Å². The molecule has 2 aliphatic rings. The van der Waals surface area contributed by atoms with Crippen LogP contribution >= 0.6 is 0 Å². The van der Waals surface area contributed by atoms with Crippen molar-refractivity contribution in [3.63, 3.8) is 0 Å². The number of amides is 6. The molecule has 5 aromatic rings. The monoisotopic (exact) mass is 821 g/mol. The molecule has 0 saturated carbocycles. The SMILES string of the molecule is Cn1cc(-c2cc(NC(=O)CCCCC(=O)NCCCCNc3cccc4c3C(=O)N(C3CCC(=O)NC3=O)C4=O)ccc2Oc2ccc(F)cc2F)c2cc[nH]c2c1=O. The van der Waals surface area contributed by atoms with E-state index in [0.717, 1.165) is 11.0 Å². The highest BCUT2D eigenvalue weighted by molar-refractivity contribution is 6.25. The average Bonchev–Trinajstić information content (AvgIpc) is 3.81. The van der Waals surface area contributed by atoms with Crippen molar-refractivity contribution in [1.29, 1.82) is 0 Å². The third kappa shape index (κ3) is 8.79. The number of carbonyl (C=O) groups excluding carboxylic acids is 6. The van der Waals surface area contributed by atoms with E-state index in [0.29, 0.717) is 78.2 Å². The van der Waals surface area contributed by atoms with Crippen molar-refractivity contribution in [1.82, 2.24) is 25.1 Å². The molecule has 310 valence electrons. The summed E-state index contributed by atoms with van der Waals surface area (Å²) in [7, 11) is 1.59. The Balaban J connectivity index is 0.860. The van der Waals surface area contributed by atoms with E-state index in [4.69, 9.17) is 4.74 Å². The lowest BCUT2D eigenvalue weighted by Crippen LogP contribution is -2.54. The second kappa shape index (κ2) is 17.8. The number of anilines is 2. The molecule has 17 heteroatoms. The standard InChI is InChI=1S/C43H41F2N7O8/c1-51-23-29(26-17-20-48-39(26)43(51)59)28-22-25(12-15-33(28)60-34-14-11-24(44)21-30(34)45)49-36(54)10-3-2-9-35(53)47-19-5-4-18-46-31-8-6-7-27-38(31)42(58)52(41(27)57)32-13-16-37(55)50-40(32)56/h6-8,11-12,14-15,17,20-23,32,46,48H,2-5,9-10,13,16,18-19H2,1H3,(H,47,53)(H,49,54)(H,50,55,56). The van der Waals surface area contributed by atoms with Crippen molar-refractivity contribution in [2.24, 2.45) is 7.05 Å². The molecule has 3 aromatic carbocycles. The summed E-state index contributed by atoms with van der Waals surface area (Å²) in [5.74, 6) is -4.41. The van der Waals surface area contributed by atoms with Gasteiger partial charge in [-0.05, 0) is 80.6 Å². The minimum absolute atomic E-state index is 0.0336. The van der Waals surface area contributed by atoms with Gasteiger partial charge in [0.15, 0.2) is 11.6 Å². The molecular formula is C43H41F2N7O8. The van der Waals surface area contributed by atoms with Gasteiger partial charge in [0, 0.05) is 85.7 Å². The fraction of sp³-hybridized carbons (Fsp3) is 0.279. The number of aromatic nitrogens is 2. The molecule has 0 aliphatic carbocycles. The Kier molecular flexibility index (Phi) is 12.1. The number of piperidine rings is 1. The number of benzene rings is 3. The first-order valence-electron chi connectivity index (χ1n) is 19.5. The Bertz CT molecular complexity index is 2600. The lowest BCUT2D eigenvalue weighted by molar-refractivity contribution is -0.136. The molecule has 7 rings (SSSR count). The van der Waals surface area contributed by atoms with Crippen LogP contribution < -0.4 is 31.6 Å². The Labute approximate surface area is 341 Å². The number of halogens is 2. The first kappa shape index (κ1) is 41.0. The number of ether oxygens (including phenoxy) is 1. The smallest absolute Gasteiger partial charge is 0.274 e. The number of H-pyrrole nitrogens is 1. The zero-order valence-corrected chi connectivity index (χ0v) is 32.5. The number of carbonyl (C=O) groups is 6. The number of nitrogens with zero attached hydrogens (tertiary/aromatic N) is 2. The zero-order chi connectivity index (χ0) is 42.5. The van der Waals surface area contributed by atoms with Crippen molar-refractivity contribution in [2.75, 3.05) is 23.7 Å². The molecule has 1 saturated heterocycles. The van der Waals surface area contributed by atoms with Crippen molar-refractivity contribution < 1.29 is 42.3 Å². The van der Waals surface area contributed by atoms with E-state index in [2.05, 4.69) is 26.3 Å². The highest BCUT2D eigenvalue weighted by atomic mass is 19.1. The van der Waals surface area contributed by atoms with Gasteiger partial charge in [-0.15, -0.1) is 0 Å². The van der Waals surface area contributed by atoms with Crippen LogP contribution in [0.3, 0.4) is 0 Å². The summed E-state index contributed by atoms with van der Waals surface area (Å²) in [6, 6.07) is 13.3. The van der Waals surface area contributed by atoms with Crippen molar-refractivity contribution >= 4 is 57.7 Å². The largest absolute Gasteiger partial charge is 0.454 e. The van der Waals surface area contributed by atoms with Gasteiger partial charge in [0.25, 0.3) is 17.4 Å². The second-order valence-electron chi connectivity index (χ2n) is 14.5. The molecule has 15 nitrogen and oxygen atoms in total. The summed E-state index contributed by atoms with van der Waals surface area (Å²) in [4.78, 5) is 92.4. The van der Waals surface area contributed by atoms with Gasteiger partial charge in [0.2, 0.25) is 23.6 Å². The summed E-state index contributed by atoms with van der Waals surface area (Å²) in [5, 5.41) is 11.7. The van der Waals surface area contributed by atoms with E-state index < -0.39 is 41.3 Å². The molecule has 2 aromatic heterocycles. The maximum absolute atomic E-state index is 14.6. The molecule has 1 atom stereocenters. The number of hydrogen-bond donors (Lipinski definition) is 5. The molecule has 1 unspecified atom stereocenters. The van der Waals surface area contributed by atoms with Gasteiger partial charge >= 0.3 is 0 Å². The van der Waals surface area contributed by atoms with Crippen LogP contribution in [0.4, 0.5) is 20.2 Å². The zero-order valence-electron chi connectivity index (χ0n) is 32.5. The molecule has 0 spiro atoms. The molecule has 4 heterocycles. The Hall–Kier alpha value is -7.17. The van der Waals surface area contributed by atoms with Gasteiger partial charge in [0.1, 0.15) is 23.1 Å². The van der Waals surface area contributed by atoms with E-state index in [1.165, 1.54) is 16.7 Å². The van der Waals surface area contributed by atoms with Crippen LogP contribution in [0, 0.1) is 11.6 Å². The predicted octanol–water partition coefficient (Wildman–Crippen LogP) is 5.51. The fourth-order valence-corrected chi connectivity index (χ4v) is 7.31. The molecule has 0 radical (unpaired) electrons. The predicted molar refractivity (Wildman–Crippen MR) is 216 cm³/mol. The molecule has 0 bridgehead atoms. The van der Waals surface area contributed by atoms with Crippen LogP contribution in [0.2, 0.25) is 0 Å². The summed E-state index contributed by atoms with van der Waals surface area (Å²) in [5.41, 5.74) is 2.34. The third-order valence-corrected chi connectivity index (χ3v) is 10.3. The van der Waals surface area contributed by atoms with Crippen LogP contribution in [0.15, 0.2) is 77.9 Å². The normalized spacial score (nSPS) is 14.9. The number of pyridine rings is 1. The number of nitrogens with one attached hydrogen (secondary N) is 5. The van der Waals surface area contributed by atoms with Crippen LogP contribution in [0.25, 0.3) is 22.0 Å². The van der Waals surface area contributed by atoms with Crippen LogP contribution in [0.1, 0.15) is 72.1 Å². The lowest BCUT2D eigenvalue weighted by atomic mass is 10.0. The topological polar surface area (TPSA) is 201 Å². The fourth-order valence-electron chi connectivity index (χ4n) is 7.31. The summed E-state index contributed by atoms with van der Waals surface area (Å²) in [6.45, 7) is 0.863. The average molecular weight is 822 g/mol. The summed E-state index contributed by atoms with van der Waals surface area (Å²) in [6.07, 6.45) is 5.86. The summed E-state index contributed by atoms with van der Waals surface area (Å²) >= 11 is 0. The molecule has 5 N–H and O–H groups in total. The number of fused-ring (bicyclic) bond motifs is 2. The Morgan fingerprint density at radius 1 is 0.833 bits per heavy atom. The lowest BCUT2D eigenvalue weighted by Gasteiger charge is -2.27. The van der Waals surface area contributed by atoms with Gasteiger partial charge in [-0.3, -0.25) is 43.8 Å². The Morgan fingerprint density at radius 3 is 2.38 bits per heavy atom. The highest BCUT2D eigenvalue weighted by Gasteiger charge is 2.45. The molecule has 6 amide bonds. The molecule has 2 aliphatic heterocycles. The first-order valence-corrected chi connectivity index (χ1v) is 19.5. The molecular weight excluding hydrogens is 781 g/mol. The number of aromatic amines is 1. The highest BCUT2D eigenvalue weighted by Crippen LogP contribution is 2.39. The maximum Gasteiger partial charge on any atom is 0.274 e. The van der Waals surface area contributed by atoms with Gasteiger partial charge in [-0.25, -0.2) is 8.78 Å². The summed E-state index contributed by atoms with van der Waals surface area (Å²) < 4.78 is 35.5. The van der Waals surface area contributed by atoms with Gasteiger partial charge in [-0.2, -0.15) is 0 Å². The van der Waals surface area contributed by atoms with Crippen molar-refractivity contribution in [3.8, 4) is 22.6 Å². The van der Waals surface area contributed by atoms with Crippen LogP contribution in [-0.4, -0.2) is 69.0 Å². The minimum Gasteiger partial charge on any atom is -0.454 e. The van der Waals surface area contributed by atoms with Gasteiger partial charge < -0.3 is 30.2 Å². The number of hydrogen-bond acceptors (Lipinski definition) is 9. The quantitative estimate of drug-likeness (QED) is 0.0629. The van der Waals surface area contributed by atoms with Crippen molar-refractivity contribution in [3.05, 3.63) is 106 Å².